The first-order chi connectivity index (χ1) is 13.6. The van der Waals surface area contributed by atoms with Crippen LogP contribution in [0, 0.1) is 5.92 Å². The van der Waals surface area contributed by atoms with Gasteiger partial charge in [0, 0.05) is 26.1 Å². The average Bonchev–Trinajstić information content (AvgIpc) is 3.09. The zero-order chi connectivity index (χ0) is 19.9. The fourth-order valence-electron chi connectivity index (χ4n) is 3.43. The van der Waals surface area contributed by atoms with Crippen molar-refractivity contribution in [1.82, 2.24) is 10.2 Å². The summed E-state index contributed by atoms with van der Waals surface area (Å²) in [5.74, 6) is 1.24. The van der Waals surface area contributed by atoms with E-state index >= 15 is 0 Å². The topological polar surface area (TPSA) is 67.9 Å². The van der Waals surface area contributed by atoms with Crippen molar-refractivity contribution >= 4 is 11.8 Å². The molecule has 2 aromatic rings. The Morgan fingerprint density at radius 1 is 1.11 bits per heavy atom. The molecular formula is C22H26N2O4. The molecule has 28 heavy (non-hydrogen) atoms. The van der Waals surface area contributed by atoms with Gasteiger partial charge in [-0.2, -0.15) is 0 Å². The summed E-state index contributed by atoms with van der Waals surface area (Å²) in [4.78, 5) is 26.5. The molecule has 6 nitrogen and oxygen atoms in total. The molecule has 1 fully saturated rings. The lowest BCUT2D eigenvalue weighted by atomic mass is 10.1. The predicted molar refractivity (Wildman–Crippen MR) is 106 cm³/mol. The Morgan fingerprint density at radius 2 is 1.86 bits per heavy atom. The Bertz CT molecular complexity index is 820. The number of amides is 2. The van der Waals surface area contributed by atoms with E-state index in [-0.39, 0.29) is 24.2 Å². The van der Waals surface area contributed by atoms with E-state index in [1.807, 2.05) is 48.5 Å². The highest BCUT2D eigenvalue weighted by Crippen LogP contribution is 2.22. The summed E-state index contributed by atoms with van der Waals surface area (Å²) in [5, 5.41) is 2.95. The molecule has 1 heterocycles. The van der Waals surface area contributed by atoms with Crippen molar-refractivity contribution in [2.75, 3.05) is 27.3 Å². The van der Waals surface area contributed by atoms with E-state index in [9.17, 15) is 9.59 Å². The van der Waals surface area contributed by atoms with Crippen molar-refractivity contribution in [1.29, 1.82) is 0 Å². The molecule has 0 bridgehead atoms. The van der Waals surface area contributed by atoms with Crippen LogP contribution in [-0.4, -0.2) is 44.0 Å². The number of hydrogen-bond acceptors (Lipinski definition) is 4. The summed E-state index contributed by atoms with van der Waals surface area (Å²) in [6.07, 6.45) is 0.947. The maximum atomic E-state index is 12.5. The van der Waals surface area contributed by atoms with Gasteiger partial charge in [0.2, 0.25) is 11.8 Å². The second-order valence-corrected chi connectivity index (χ2v) is 6.88. The monoisotopic (exact) mass is 382 g/mol. The molecule has 0 aliphatic carbocycles. The molecule has 1 unspecified atom stereocenters. The Labute approximate surface area is 165 Å². The highest BCUT2D eigenvalue weighted by Gasteiger charge is 2.34. The molecule has 1 saturated heterocycles. The lowest BCUT2D eigenvalue weighted by Crippen LogP contribution is -2.34. The third kappa shape index (κ3) is 4.82. The lowest BCUT2D eigenvalue weighted by Gasteiger charge is -2.17. The molecule has 0 spiro atoms. The molecule has 0 saturated carbocycles. The molecule has 0 aromatic heterocycles. The number of carbonyl (C=O) groups is 2. The summed E-state index contributed by atoms with van der Waals surface area (Å²) >= 11 is 0. The highest BCUT2D eigenvalue weighted by atomic mass is 16.5. The summed E-state index contributed by atoms with van der Waals surface area (Å²) in [6.45, 7) is 1.47. The average molecular weight is 382 g/mol. The SMILES string of the molecule is COc1ccc(CN2CC(C(=O)NCCc3ccccc3OC)CC2=O)cc1. The molecule has 3 rings (SSSR count). The summed E-state index contributed by atoms with van der Waals surface area (Å²) in [6, 6.07) is 15.4. The summed E-state index contributed by atoms with van der Waals surface area (Å²) in [5.41, 5.74) is 2.07. The van der Waals surface area contributed by atoms with Crippen LogP contribution in [0.5, 0.6) is 11.5 Å². The van der Waals surface area contributed by atoms with Gasteiger partial charge in [-0.1, -0.05) is 30.3 Å². The van der Waals surface area contributed by atoms with Gasteiger partial charge in [-0.25, -0.2) is 0 Å². The maximum absolute atomic E-state index is 12.5. The Morgan fingerprint density at radius 3 is 2.57 bits per heavy atom. The number of benzene rings is 2. The van der Waals surface area contributed by atoms with Crippen molar-refractivity contribution < 1.29 is 19.1 Å². The Kier molecular flexibility index (Phi) is 6.53. The molecule has 2 amide bonds. The molecule has 6 heteroatoms. The fraction of sp³-hybridized carbons (Fsp3) is 0.364. The standard InChI is InChI=1S/C22H26N2O4/c1-27-19-9-7-16(8-10-19)14-24-15-18(13-21(24)25)22(26)23-12-11-17-5-3-4-6-20(17)28-2/h3-10,18H,11-15H2,1-2H3,(H,23,26). The van der Waals surface area contributed by atoms with Gasteiger partial charge >= 0.3 is 0 Å². The number of para-hydroxylation sites is 1. The van der Waals surface area contributed by atoms with Gasteiger partial charge in [0.25, 0.3) is 0 Å². The van der Waals surface area contributed by atoms with E-state index in [2.05, 4.69) is 5.32 Å². The van der Waals surface area contributed by atoms with E-state index in [1.165, 1.54) is 0 Å². The van der Waals surface area contributed by atoms with Crippen molar-refractivity contribution in [2.45, 2.75) is 19.4 Å². The smallest absolute Gasteiger partial charge is 0.225 e. The van der Waals surface area contributed by atoms with Crippen LogP contribution in [0.1, 0.15) is 17.5 Å². The van der Waals surface area contributed by atoms with Crippen LogP contribution >= 0.6 is 0 Å². The van der Waals surface area contributed by atoms with Crippen molar-refractivity contribution in [2.24, 2.45) is 5.92 Å². The molecule has 2 aromatic carbocycles. The van der Waals surface area contributed by atoms with Gasteiger partial charge in [0.15, 0.2) is 0 Å². The Balaban J connectivity index is 1.49. The van der Waals surface area contributed by atoms with E-state index in [1.54, 1.807) is 19.1 Å². The predicted octanol–water partition coefficient (Wildman–Crippen LogP) is 2.41. The van der Waals surface area contributed by atoms with Crippen LogP contribution < -0.4 is 14.8 Å². The summed E-state index contributed by atoms with van der Waals surface area (Å²) < 4.78 is 10.5. The van der Waals surface area contributed by atoms with Crippen molar-refractivity contribution in [3.05, 3.63) is 59.7 Å². The van der Waals surface area contributed by atoms with Gasteiger partial charge in [0.05, 0.1) is 20.1 Å². The normalized spacial score (nSPS) is 16.1. The zero-order valence-electron chi connectivity index (χ0n) is 16.3. The van der Waals surface area contributed by atoms with Crippen LogP contribution in [0.4, 0.5) is 0 Å². The van der Waals surface area contributed by atoms with Gasteiger partial charge in [0.1, 0.15) is 11.5 Å². The van der Waals surface area contributed by atoms with E-state index in [4.69, 9.17) is 9.47 Å². The molecule has 1 atom stereocenters. The number of likely N-dealkylation sites (tertiary alicyclic amines) is 1. The third-order valence-electron chi connectivity index (χ3n) is 5.00. The van der Waals surface area contributed by atoms with Gasteiger partial charge in [-0.3, -0.25) is 9.59 Å². The lowest BCUT2D eigenvalue weighted by molar-refractivity contribution is -0.129. The number of ether oxygens (including phenoxy) is 2. The van der Waals surface area contributed by atoms with Crippen LogP contribution in [0.2, 0.25) is 0 Å². The number of nitrogens with one attached hydrogen (secondary N) is 1. The van der Waals surface area contributed by atoms with E-state index < -0.39 is 0 Å². The van der Waals surface area contributed by atoms with Gasteiger partial charge in [-0.05, 0) is 35.7 Å². The molecule has 1 aliphatic heterocycles. The largest absolute Gasteiger partial charge is 0.497 e. The number of hydrogen-bond donors (Lipinski definition) is 1. The first kappa shape index (κ1) is 19.7. The summed E-state index contributed by atoms with van der Waals surface area (Å²) in [7, 11) is 3.26. The van der Waals surface area contributed by atoms with E-state index in [0.29, 0.717) is 26.1 Å². The van der Waals surface area contributed by atoms with Crippen LogP contribution in [0.15, 0.2) is 48.5 Å². The molecule has 1 aliphatic rings. The van der Waals surface area contributed by atoms with Crippen LogP contribution in [-0.2, 0) is 22.6 Å². The molecule has 1 N–H and O–H groups in total. The fourth-order valence-corrected chi connectivity index (χ4v) is 3.43. The molecule has 148 valence electrons. The molecular weight excluding hydrogens is 356 g/mol. The van der Waals surface area contributed by atoms with Crippen LogP contribution in [0.3, 0.4) is 0 Å². The van der Waals surface area contributed by atoms with Gasteiger partial charge in [-0.15, -0.1) is 0 Å². The van der Waals surface area contributed by atoms with Gasteiger partial charge < -0.3 is 19.7 Å². The first-order valence-corrected chi connectivity index (χ1v) is 9.41. The number of nitrogens with zero attached hydrogens (tertiary/aromatic N) is 1. The second-order valence-electron chi connectivity index (χ2n) is 6.88. The maximum Gasteiger partial charge on any atom is 0.225 e. The van der Waals surface area contributed by atoms with Crippen molar-refractivity contribution in [3.63, 3.8) is 0 Å². The second kappa shape index (κ2) is 9.26. The minimum atomic E-state index is -0.302. The quantitative estimate of drug-likeness (QED) is 0.761. The minimum absolute atomic E-state index is 0.0145. The zero-order valence-corrected chi connectivity index (χ0v) is 16.3. The number of rotatable bonds is 8. The third-order valence-corrected chi connectivity index (χ3v) is 5.00. The molecule has 0 radical (unpaired) electrons. The Hall–Kier alpha value is -3.02. The number of carbonyl (C=O) groups excluding carboxylic acids is 2. The van der Waals surface area contributed by atoms with Crippen molar-refractivity contribution in [3.8, 4) is 11.5 Å². The minimum Gasteiger partial charge on any atom is -0.497 e. The number of methoxy groups -OCH3 is 2. The first-order valence-electron chi connectivity index (χ1n) is 9.41. The van der Waals surface area contributed by atoms with E-state index in [0.717, 1.165) is 22.6 Å². The highest BCUT2D eigenvalue weighted by molar-refractivity contribution is 5.89. The van der Waals surface area contributed by atoms with Crippen LogP contribution in [0.25, 0.3) is 0 Å².